The fraction of sp³-hybridized carbons (Fsp3) is 0.667. The van der Waals surface area contributed by atoms with Gasteiger partial charge in [0.05, 0.1) is 6.61 Å². The van der Waals surface area contributed by atoms with E-state index in [1.165, 1.54) is 4.90 Å². The Balaban J connectivity index is 4.03. The van der Waals surface area contributed by atoms with E-state index in [9.17, 15) is 4.79 Å². The number of rotatable bonds is 5. The summed E-state index contributed by atoms with van der Waals surface area (Å²) >= 11 is 3.27. The minimum Gasteiger partial charge on any atom is -0.395 e. The Bertz CT molecular complexity index is 194. The Hall–Kier alpha value is -0.350. The monoisotopic (exact) mass is 249 g/mol. The highest BCUT2D eigenvalue weighted by molar-refractivity contribution is 9.09. The minimum absolute atomic E-state index is 0.0212. The van der Waals surface area contributed by atoms with Gasteiger partial charge in [-0.2, -0.15) is 0 Å². The molecule has 1 amide bonds. The van der Waals surface area contributed by atoms with E-state index in [1.54, 1.807) is 7.05 Å². The highest BCUT2D eigenvalue weighted by Gasteiger charge is 2.12. The number of aliphatic hydroxyl groups is 1. The van der Waals surface area contributed by atoms with Crippen molar-refractivity contribution in [3.8, 4) is 0 Å². The van der Waals surface area contributed by atoms with Gasteiger partial charge in [-0.05, 0) is 0 Å². The molecule has 0 saturated heterocycles. The molecule has 1 atom stereocenters. The van der Waals surface area contributed by atoms with Crippen molar-refractivity contribution in [2.75, 3.05) is 13.7 Å². The molecule has 4 heteroatoms. The molecule has 0 aromatic rings. The van der Waals surface area contributed by atoms with Crippen molar-refractivity contribution < 1.29 is 9.90 Å². The van der Waals surface area contributed by atoms with E-state index in [1.807, 2.05) is 6.92 Å². The lowest BCUT2D eigenvalue weighted by atomic mass is 10.2. The smallest absolute Gasteiger partial charge is 0.226 e. The topological polar surface area (TPSA) is 40.5 Å². The first-order chi connectivity index (χ1) is 6.02. The summed E-state index contributed by atoms with van der Waals surface area (Å²) in [5.74, 6) is 0.0441. The van der Waals surface area contributed by atoms with Crippen LogP contribution in [-0.2, 0) is 4.79 Å². The zero-order valence-electron chi connectivity index (χ0n) is 8.09. The molecule has 76 valence electrons. The normalized spacial score (nSPS) is 12.3. The third-order valence-electron chi connectivity index (χ3n) is 1.81. The first kappa shape index (κ1) is 12.7. The van der Waals surface area contributed by atoms with Gasteiger partial charge in [0.1, 0.15) is 0 Å². The van der Waals surface area contributed by atoms with Gasteiger partial charge in [0, 0.05) is 30.4 Å². The molecule has 0 spiro atoms. The van der Waals surface area contributed by atoms with Crippen molar-refractivity contribution in [1.82, 2.24) is 4.90 Å². The molecule has 0 aromatic heterocycles. The molecule has 0 fully saturated rings. The second kappa shape index (κ2) is 6.16. The number of alkyl halides is 1. The molecule has 0 aromatic carbocycles. The Labute approximate surface area is 87.6 Å². The highest BCUT2D eigenvalue weighted by atomic mass is 79.9. The maximum absolute atomic E-state index is 11.2. The van der Waals surface area contributed by atoms with Crippen molar-refractivity contribution in [3.05, 3.63) is 12.3 Å². The third-order valence-corrected chi connectivity index (χ3v) is 2.42. The quantitative estimate of drug-likeness (QED) is 0.751. The van der Waals surface area contributed by atoms with Crippen LogP contribution in [0.15, 0.2) is 12.3 Å². The van der Waals surface area contributed by atoms with Gasteiger partial charge >= 0.3 is 0 Å². The van der Waals surface area contributed by atoms with Crippen LogP contribution >= 0.6 is 15.9 Å². The number of allylic oxidation sites excluding steroid dienone is 1. The lowest BCUT2D eigenvalue weighted by Crippen LogP contribution is -2.26. The van der Waals surface area contributed by atoms with E-state index in [0.29, 0.717) is 12.8 Å². The maximum atomic E-state index is 11.2. The number of amides is 1. The molecule has 0 bridgehead atoms. The Morgan fingerprint density at radius 1 is 1.69 bits per heavy atom. The number of hydrogen-bond acceptors (Lipinski definition) is 2. The zero-order valence-corrected chi connectivity index (χ0v) is 9.67. The summed E-state index contributed by atoms with van der Waals surface area (Å²) in [7, 11) is 1.70. The average Bonchev–Trinajstić information content (AvgIpc) is 2.14. The number of aliphatic hydroxyl groups excluding tert-OH is 1. The van der Waals surface area contributed by atoms with Crippen LogP contribution in [0, 0.1) is 0 Å². The number of nitrogens with zero attached hydrogens (tertiary/aromatic N) is 1. The third kappa shape index (κ3) is 4.43. The van der Waals surface area contributed by atoms with E-state index in [4.69, 9.17) is 5.11 Å². The fourth-order valence-corrected chi connectivity index (χ4v) is 1.24. The summed E-state index contributed by atoms with van der Waals surface area (Å²) in [4.78, 5) is 12.7. The van der Waals surface area contributed by atoms with E-state index in [-0.39, 0.29) is 17.3 Å². The summed E-state index contributed by atoms with van der Waals surface area (Å²) in [6, 6.07) is 0. The summed E-state index contributed by atoms with van der Waals surface area (Å²) < 4.78 is 0. The van der Waals surface area contributed by atoms with E-state index in [0.717, 1.165) is 5.70 Å². The molecule has 0 aliphatic rings. The molecule has 1 N–H and O–H groups in total. The molecular weight excluding hydrogens is 234 g/mol. The molecule has 13 heavy (non-hydrogen) atoms. The Kier molecular flexibility index (Phi) is 5.99. The van der Waals surface area contributed by atoms with Gasteiger partial charge in [-0.3, -0.25) is 4.79 Å². The van der Waals surface area contributed by atoms with Crippen molar-refractivity contribution in [1.29, 1.82) is 0 Å². The SMILES string of the molecule is C=C(CC(Br)CO)N(C)C(=O)CC. The molecule has 3 nitrogen and oxygen atoms in total. The van der Waals surface area contributed by atoms with Crippen LogP contribution < -0.4 is 0 Å². The van der Waals surface area contributed by atoms with Gasteiger partial charge in [-0.25, -0.2) is 0 Å². The van der Waals surface area contributed by atoms with Gasteiger partial charge in [0.2, 0.25) is 5.91 Å². The van der Waals surface area contributed by atoms with E-state index >= 15 is 0 Å². The van der Waals surface area contributed by atoms with Crippen LogP contribution in [-0.4, -0.2) is 34.4 Å². The largest absolute Gasteiger partial charge is 0.395 e. The molecule has 0 aliphatic heterocycles. The van der Waals surface area contributed by atoms with Gasteiger partial charge in [0.15, 0.2) is 0 Å². The van der Waals surface area contributed by atoms with E-state index < -0.39 is 0 Å². The van der Waals surface area contributed by atoms with Crippen LogP contribution in [0.2, 0.25) is 0 Å². The zero-order chi connectivity index (χ0) is 10.4. The second-order valence-electron chi connectivity index (χ2n) is 2.86. The maximum Gasteiger partial charge on any atom is 0.226 e. The fourth-order valence-electron chi connectivity index (χ4n) is 0.871. The standard InChI is InChI=1S/C9H16BrNO2/c1-4-9(13)11(3)7(2)5-8(10)6-12/h8,12H,2,4-6H2,1,3H3. The Morgan fingerprint density at radius 2 is 2.23 bits per heavy atom. The van der Waals surface area contributed by atoms with Crippen molar-refractivity contribution in [2.45, 2.75) is 24.6 Å². The minimum atomic E-state index is -0.0212. The average molecular weight is 250 g/mol. The Morgan fingerprint density at radius 3 is 2.62 bits per heavy atom. The van der Waals surface area contributed by atoms with Crippen LogP contribution in [0.1, 0.15) is 19.8 Å². The number of hydrogen-bond donors (Lipinski definition) is 1. The number of halogens is 1. The van der Waals surface area contributed by atoms with Crippen molar-refractivity contribution in [3.63, 3.8) is 0 Å². The second-order valence-corrected chi connectivity index (χ2v) is 4.15. The van der Waals surface area contributed by atoms with Crippen LogP contribution in [0.5, 0.6) is 0 Å². The lowest BCUT2D eigenvalue weighted by molar-refractivity contribution is -0.127. The summed E-state index contributed by atoms with van der Waals surface area (Å²) in [5, 5.41) is 8.77. The molecule has 0 rings (SSSR count). The first-order valence-electron chi connectivity index (χ1n) is 4.22. The molecule has 0 heterocycles. The highest BCUT2D eigenvalue weighted by Crippen LogP contribution is 2.14. The number of carbonyl (C=O) groups excluding carboxylic acids is 1. The van der Waals surface area contributed by atoms with Crippen LogP contribution in [0.25, 0.3) is 0 Å². The van der Waals surface area contributed by atoms with Gasteiger partial charge in [0.25, 0.3) is 0 Å². The van der Waals surface area contributed by atoms with E-state index in [2.05, 4.69) is 22.5 Å². The summed E-state index contributed by atoms with van der Waals surface area (Å²) in [6.45, 7) is 5.63. The molecule has 0 radical (unpaired) electrons. The predicted octanol–water partition coefficient (Wildman–Crippen LogP) is 1.51. The van der Waals surface area contributed by atoms with Gasteiger partial charge < -0.3 is 10.0 Å². The molecule has 0 saturated carbocycles. The van der Waals surface area contributed by atoms with Crippen molar-refractivity contribution in [2.24, 2.45) is 0 Å². The van der Waals surface area contributed by atoms with Gasteiger partial charge in [-0.1, -0.05) is 29.4 Å². The molecule has 1 unspecified atom stereocenters. The summed E-state index contributed by atoms with van der Waals surface area (Å²) in [5.41, 5.74) is 0.725. The molecule has 0 aliphatic carbocycles. The van der Waals surface area contributed by atoms with Crippen LogP contribution in [0.4, 0.5) is 0 Å². The summed E-state index contributed by atoms with van der Waals surface area (Å²) in [6.07, 6.45) is 1.06. The van der Waals surface area contributed by atoms with Crippen LogP contribution in [0.3, 0.4) is 0 Å². The predicted molar refractivity (Wildman–Crippen MR) is 56.6 cm³/mol. The van der Waals surface area contributed by atoms with Gasteiger partial charge in [-0.15, -0.1) is 0 Å². The first-order valence-corrected chi connectivity index (χ1v) is 5.13. The van der Waals surface area contributed by atoms with Crippen molar-refractivity contribution >= 4 is 21.8 Å². The number of carbonyl (C=O) groups is 1. The molecular formula is C9H16BrNO2. The lowest BCUT2D eigenvalue weighted by Gasteiger charge is -2.20.